The summed E-state index contributed by atoms with van der Waals surface area (Å²) in [5.74, 6) is 0.742. The lowest BCUT2D eigenvalue weighted by molar-refractivity contribution is -0.0640. The van der Waals surface area contributed by atoms with E-state index in [2.05, 4.69) is 20.4 Å². The van der Waals surface area contributed by atoms with E-state index in [9.17, 15) is 4.79 Å². The van der Waals surface area contributed by atoms with Crippen molar-refractivity contribution in [2.45, 2.75) is 39.9 Å². The van der Waals surface area contributed by atoms with Gasteiger partial charge in [-0.15, -0.1) is 0 Å². The average molecular weight is 409 g/mol. The van der Waals surface area contributed by atoms with E-state index in [1.807, 2.05) is 39.0 Å². The minimum absolute atomic E-state index is 0.223. The van der Waals surface area contributed by atoms with Gasteiger partial charge in [-0.2, -0.15) is 10.1 Å². The van der Waals surface area contributed by atoms with Crippen molar-refractivity contribution in [2.75, 3.05) is 11.9 Å². The molecule has 0 bridgehead atoms. The van der Waals surface area contributed by atoms with Crippen LogP contribution in [0.2, 0.25) is 0 Å². The van der Waals surface area contributed by atoms with Gasteiger partial charge in [-0.1, -0.05) is 6.92 Å². The van der Waals surface area contributed by atoms with Gasteiger partial charge in [0.1, 0.15) is 5.56 Å². The number of aryl methyl sites for hydroxylation is 1. The minimum atomic E-state index is -0.683. The van der Waals surface area contributed by atoms with Crippen LogP contribution >= 0.6 is 0 Å². The Morgan fingerprint density at radius 2 is 2.03 bits per heavy atom. The first-order valence-corrected chi connectivity index (χ1v) is 9.75. The van der Waals surface area contributed by atoms with Crippen molar-refractivity contribution in [1.82, 2.24) is 19.7 Å². The van der Waals surface area contributed by atoms with E-state index in [0.29, 0.717) is 35.4 Å². The molecule has 1 atom stereocenters. The molecule has 3 heterocycles. The number of benzene rings is 1. The second-order valence-electron chi connectivity index (χ2n) is 7.09. The van der Waals surface area contributed by atoms with Gasteiger partial charge in [0.25, 0.3) is 5.95 Å². The average Bonchev–Trinajstić information content (AvgIpc) is 3.30. The van der Waals surface area contributed by atoms with Gasteiger partial charge in [0.15, 0.2) is 17.3 Å². The van der Waals surface area contributed by atoms with Gasteiger partial charge in [-0.25, -0.2) is 14.5 Å². The fourth-order valence-electron chi connectivity index (χ4n) is 2.98. The summed E-state index contributed by atoms with van der Waals surface area (Å²) in [5, 5.41) is 7.40. The molecule has 156 valence electrons. The first-order chi connectivity index (χ1) is 14.4. The molecule has 4 rings (SSSR count). The van der Waals surface area contributed by atoms with Gasteiger partial charge in [-0.3, -0.25) is 0 Å². The smallest absolute Gasteiger partial charge is 0.343 e. The number of nitrogens with zero attached hydrogens (tertiary/aromatic N) is 4. The van der Waals surface area contributed by atoms with E-state index in [1.54, 1.807) is 24.0 Å². The molecule has 0 saturated heterocycles. The maximum absolute atomic E-state index is 12.4. The van der Waals surface area contributed by atoms with Crippen molar-refractivity contribution in [2.24, 2.45) is 0 Å². The summed E-state index contributed by atoms with van der Waals surface area (Å²) in [4.78, 5) is 21.2. The highest BCUT2D eigenvalue weighted by Crippen LogP contribution is 2.42. The molecule has 0 spiro atoms. The van der Waals surface area contributed by atoms with Crippen LogP contribution in [-0.2, 0) is 4.74 Å². The molecule has 0 radical (unpaired) electrons. The molecule has 30 heavy (non-hydrogen) atoms. The first-order valence-electron chi connectivity index (χ1n) is 9.75. The van der Waals surface area contributed by atoms with Crippen LogP contribution in [0.4, 0.5) is 11.5 Å². The standard InChI is InChI=1S/C21H23N5O4/c1-5-21(4)29-16-8-7-14(9-17(16)30-21)24-18-15(19(27)28-6-2)11-22-20(25-18)26-12-13(3)10-23-26/h7-12H,5-6H2,1-4H3,(H,22,24,25)/t21-/m1/s1. The van der Waals surface area contributed by atoms with Crippen LogP contribution < -0.4 is 14.8 Å². The van der Waals surface area contributed by atoms with Crippen LogP contribution in [-0.4, -0.2) is 38.1 Å². The number of carbonyl (C=O) groups is 1. The SMILES string of the molecule is CCOC(=O)c1cnc(-n2cc(C)cn2)nc1Nc1ccc2c(c1)O[C@](C)(CC)O2. The third-order valence-electron chi connectivity index (χ3n) is 4.69. The van der Waals surface area contributed by atoms with Gasteiger partial charge in [0, 0.05) is 37.5 Å². The summed E-state index contributed by atoms with van der Waals surface area (Å²) in [6.45, 7) is 7.80. The molecule has 1 N–H and O–H groups in total. The Kier molecular flexibility index (Phi) is 5.03. The molecular formula is C21H23N5O4. The number of aromatic nitrogens is 4. The van der Waals surface area contributed by atoms with E-state index in [4.69, 9.17) is 14.2 Å². The quantitative estimate of drug-likeness (QED) is 0.614. The van der Waals surface area contributed by atoms with Gasteiger partial charge in [0.05, 0.1) is 12.8 Å². The largest absolute Gasteiger partial charge is 0.462 e. The molecule has 0 saturated carbocycles. The van der Waals surface area contributed by atoms with E-state index in [-0.39, 0.29) is 12.2 Å². The summed E-state index contributed by atoms with van der Waals surface area (Å²) >= 11 is 0. The van der Waals surface area contributed by atoms with E-state index >= 15 is 0 Å². The van der Waals surface area contributed by atoms with Crippen LogP contribution in [0.1, 0.15) is 43.1 Å². The Morgan fingerprint density at radius 3 is 2.73 bits per heavy atom. The van der Waals surface area contributed by atoms with E-state index in [1.165, 1.54) is 6.20 Å². The molecule has 3 aromatic rings. The molecule has 0 amide bonds. The van der Waals surface area contributed by atoms with E-state index < -0.39 is 11.8 Å². The summed E-state index contributed by atoms with van der Waals surface area (Å²) in [5.41, 5.74) is 1.88. The lowest BCUT2D eigenvalue weighted by Crippen LogP contribution is -2.33. The first kappa shape index (κ1) is 19.7. The Labute approximate surface area is 174 Å². The number of rotatable bonds is 6. The molecule has 0 aliphatic carbocycles. The van der Waals surface area contributed by atoms with Gasteiger partial charge in [0.2, 0.25) is 5.79 Å². The normalized spacial score (nSPS) is 17.1. The van der Waals surface area contributed by atoms with Crippen LogP contribution in [0.5, 0.6) is 11.5 Å². The second kappa shape index (κ2) is 7.66. The summed E-state index contributed by atoms with van der Waals surface area (Å²) in [6.07, 6.45) is 5.64. The minimum Gasteiger partial charge on any atom is -0.462 e. The third kappa shape index (κ3) is 3.78. The second-order valence-corrected chi connectivity index (χ2v) is 7.09. The third-order valence-corrected chi connectivity index (χ3v) is 4.69. The number of ether oxygens (including phenoxy) is 3. The molecule has 1 aromatic carbocycles. The number of carbonyl (C=O) groups excluding carboxylic acids is 1. The molecular weight excluding hydrogens is 386 g/mol. The predicted octanol–water partition coefficient (Wildman–Crippen LogP) is 3.79. The molecule has 0 fully saturated rings. The number of esters is 1. The van der Waals surface area contributed by atoms with Crippen LogP contribution in [0, 0.1) is 6.92 Å². The van der Waals surface area contributed by atoms with Crippen molar-refractivity contribution in [3.63, 3.8) is 0 Å². The fraction of sp³-hybridized carbons (Fsp3) is 0.333. The lowest BCUT2D eigenvalue weighted by atomic mass is 10.2. The summed E-state index contributed by atoms with van der Waals surface area (Å²) in [7, 11) is 0. The monoisotopic (exact) mass is 409 g/mol. The van der Waals surface area contributed by atoms with Crippen LogP contribution in [0.25, 0.3) is 5.95 Å². The van der Waals surface area contributed by atoms with E-state index in [0.717, 1.165) is 5.56 Å². The molecule has 1 aliphatic rings. The number of fused-ring (bicyclic) bond motifs is 1. The van der Waals surface area contributed by atoms with Crippen molar-refractivity contribution in [1.29, 1.82) is 0 Å². The number of nitrogens with one attached hydrogen (secondary N) is 1. The lowest BCUT2D eigenvalue weighted by Gasteiger charge is -2.20. The summed E-state index contributed by atoms with van der Waals surface area (Å²) < 4.78 is 18.5. The van der Waals surface area contributed by atoms with Gasteiger partial charge >= 0.3 is 5.97 Å². The highest BCUT2D eigenvalue weighted by atomic mass is 16.7. The molecule has 2 aromatic heterocycles. The maximum atomic E-state index is 12.4. The Balaban J connectivity index is 1.68. The highest BCUT2D eigenvalue weighted by molar-refractivity contribution is 5.95. The van der Waals surface area contributed by atoms with Crippen molar-refractivity contribution >= 4 is 17.5 Å². The zero-order valence-electron chi connectivity index (χ0n) is 17.3. The van der Waals surface area contributed by atoms with Crippen molar-refractivity contribution in [3.8, 4) is 17.4 Å². The number of anilines is 2. The van der Waals surface area contributed by atoms with Crippen molar-refractivity contribution < 1.29 is 19.0 Å². The molecule has 0 unspecified atom stereocenters. The summed E-state index contributed by atoms with van der Waals surface area (Å²) in [6, 6.07) is 5.46. The Morgan fingerprint density at radius 1 is 1.23 bits per heavy atom. The predicted molar refractivity (Wildman–Crippen MR) is 110 cm³/mol. The highest BCUT2D eigenvalue weighted by Gasteiger charge is 2.35. The Hall–Kier alpha value is -3.62. The van der Waals surface area contributed by atoms with Gasteiger partial charge < -0.3 is 19.5 Å². The zero-order chi connectivity index (χ0) is 21.3. The van der Waals surface area contributed by atoms with Crippen LogP contribution in [0.3, 0.4) is 0 Å². The molecule has 1 aliphatic heterocycles. The van der Waals surface area contributed by atoms with Gasteiger partial charge in [-0.05, 0) is 31.5 Å². The fourth-order valence-corrected chi connectivity index (χ4v) is 2.98. The zero-order valence-corrected chi connectivity index (χ0v) is 17.3. The van der Waals surface area contributed by atoms with Crippen LogP contribution in [0.15, 0.2) is 36.8 Å². The molecule has 9 nitrogen and oxygen atoms in total. The Bertz CT molecular complexity index is 1100. The topological polar surface area (TPSA) is 100 Å². The maximum Gasteiger partial charge on any atom is 0.343 e. The number of hydrogen-bond donors (Lipinski definition) is 1. The number of hydrogen-bond acceptors (Lipinski definition) is 8. The van der Waals surface area contributed by atoms with Crippen molar-refractivity contribution in [3.05, 3.63) is 47.9 Å². The molecule has 9 heteroatoms.